The minimum absolute atomic E-state index is 0.00386. The first kappa shape index (κ1) is 31.1. The molecule has 12 heteroatoms. The molecule has 0 spiro atoms. The SMILES string of the molecule is COc1ccc2c(c1)[C@H](c1ccccc1OC(F)(F)F)O[C@@H](CC(=O)N1CCCC(C(=O)O)C1)C(=O)N2CC(C)(C)C. The van der Waals surface area contributed by atoms with E-state index >= 15 is 0 Å². The van der Waals surface area contributed by atoms with Crippen LogP contribution in [0.5, 0.6) is 11.5 Å². The highest BCUT2D eigenvalue weighted by molar-refractivity contribution is 6.00. The first-order valence-corrected chi connectivity index (χ1v) is 13.7. The van der Waals surface area contributed by atoms with Crippen molar-refractivity contribution in [3.8, 4) is 11.5 Å². The molecule has 0 aromatic heterocycles. The maximum absolute atomic E-state index is 14.1. The van der Waals surface area contributed by atoms with Crippen LogP contribution in [-0.2, 0) is 19.1 Å². The van der Waals surface area contributed by atoms with E-state index in [2.05, 4.69) is 4.74 Å². The summed E-state index contributed by atoms with van der Waals surface area (Å²) in [6, 6.07) is 10.4. The minimum atomic E-state index is -4.99. The number of methoxy groups -OCH3 is 1. The molecule has 2 aromatic carbocycles. The van der Waals surface area contributed by atoms with E-state index in [-0.39, 0.29) is 18.7 Å². The number of fused-ring (bicyclic) bond motifs is 1. The van der Waals surface area contributed by atoms with Crippen molar-refractivity contribution in [2.75, 3.05) is 31.6 Å². The summed E-state index contributed by atoms with van der Waals surface area (Å²) in [4.78, 5) is 42.0. The Morgan fingerprint density at radius 1 is 1.10 bits per heavy atom. The third kappa shape index (κ3) is 7.33. The topological polar surface area (TPSA) is 106 Å². The standard InChI is InChI=1S/C30H35F3N2O7/c1-29(2,3)17-35-22-12-11-19(40-4)14-21(22)26(20-9-5-6-10-23(20)42-30(31,32)33)41-24(27(35)37)15-25(36)34-13-7-8-18(16-34)28(38)39/h5-6,9-12,14,18,24,26H,7-8,13,15-17H2,1-4H3,(H,38,39)/t18?,24-,26-/m0/s1. The number of piperidine rings is 1. The monoisotopic (exact) mass is 592 g/mol. The van der Waals surface area contributed by atoms with Gasteiger partial charge in [-0.15, -0.1) is 13.2 Å². The summed E-state index contributed by atoms with van der Waals surface area (Å²) < 4.78 is 56.2. The van der Waals surface area contributed by atoms with E-state index in [0.29, 0.717) is 36.4 Å². The quantitative estimate of drug-likeness (QED) is 0.473. The lowest BCUT2D eigenvalue weighted by molar-refractivity contribution is -0.275. The highest BCUT2D eigenvalue weighted by atomic mass is 19.4. The molecule has 0 radical (unpaired) electrons. The first-order valence-electron chi connectivity index (χ1n) is 13.7. The number of anilines is 1. The maximum atomic E-state index is 14.1. The van der Waals surface area contributed by atoms with Crippen LogP contribution < -0.4 is 14.4 Å². The molecule has 1 unspecified atom stereocenters. The fraction of sp³-hybridized carbons (Fsp3) is 0.500. The number of carboxylic acids is 1. The zero-order chi connectivity index (χ0) is 30.8. The molecular formula is C30H35F3N2O7. The maximum Gasteiger partial charge on any atom is 0.573 e. The molecular weight excluding hydrogens is 557 g/mol. The number of benzene rings is 2. The number of hydrogen-bond donors (Lipinski definition) is 1. The Morgan fingerprint density at radius 2 is 1.81 bits per heavy atom. The van der Waals surface area contributed by atoms with E-state index < -0.39 is 59.9 Å². The number of aliphatic carboxylic acids is 1. The Hall–Kier alpha value is -3.80. The van der Waals surface area contributed by atoms with Gasteiger partial charge < -0.3 is 29.1 Å². The number of rotatable bonds is 7. The lowest BCUT2D eigenvalue weighted by atomic mass is 9.94. The number of nitrogens with zero attached hydrogens (tertiary/aromatic N) is 2. The lowest BCUT2D eigenvalue weighted by Crippen LogP contribution is -2.47. The van der Waals surface area contributed by atoms with Gasteiger partial charge in [-0.05, 0) is 42.5 Å². The highest BCUT2D eigenvalue weighted by Gasteiger charge is 2.42. The van der Waals surface area contributed by atoms with Crippen molar-refractivity contribution in [2.24, 2.45) is 11.3 Å². The summed E-state index contributed by atoms with van der Waals surface area (Å²) in [5.41, 5.74) is 0.377. The molecule has 9 nitrogen and oxygen atoms in total. The number of halogens is 3. The molecule has 42 heavy (non-hydrogen) atoms. The van der Waals surface area contributed by atoms with Crippen molar-refractivity contribution in [1.82, 2.24) is 4.90 Å². The largest absolute Gasteiger partial charge is 0.573 e. The van der Waals surface area contributed by atoms with Gasteiger partial charge in [0.15, 0.2) is 0 Å². The summed E-state index contributed by atoms with van der Waals surface area (Å²) in [6.07, 6.45) is -7.10. The van der Waals surface area contributed by atoms with Crippen molar-refractivity contribution in [3.63, 3.8) is 0 Å². The Morgan fingerprint density at radius 3 is 2.45 bits per heavy atom. The summed E-state index contributed by atoms with van der Waals surface area (Å²) in [6.45, 7) is 6.34. The van der Waals surface area contributed by atoms with E-state index in [4.69, 9.17) is 9.47 Å². The fourth-order valence-corrected chi connectivity index (χ4v) is 5.33. The molecule has 0 bridgehead atoms. The van der Waals surface area contributed by atoms with Crippen LogP contribution in [-0.4, -0.2) is 67.0 Å². The van der Waals surface area contributed by atoms with E-state index in [1.165, 1.54) is 35.1 Å². The van der Waals surface area contributed by atoms with Crippen LogP contribution in [0.15, 0.2) is 42.5 Å². The summed E-state index contributed by atoms with van der Waals surface area (Å²) in [7, 11) is 1.44. The second-order valence-corrected chi connectivity index (χ2v) is 11.7. The van der Waals surface area contributed by atoms with Crippen LogP contribution >= 0.6 is 0 Å². The van der Waals surface area contributed by atoms with Gasteiger partial charge in [0.2, 0.25) is 5.91 Å². The zero-order valence-corrected chi connectivity index (χ0v) is 23.9. The van der Waals surface area contributed by atoms with Crippen LogP contribution in [0, 0.1) is 11.3 Å². The van der Waals surface area contributed by atoms with Crippen molar-refractivity contribution in [3.05, 3.63) is 53.6 Å². The van der Waals surface area contributed by atoms with Gasteiger partial charge >= 0.3 is 12.3 Å². The number of hydrogen-bond acceptors (Lipinski definition) is 6. The van der Waals surface area contributed by atoms with Crippen molar-refractivity contribution in [1.29, 1.82) is 0 Å². The number of carboxylic acid groups (broad SMARTS) is 1. The molecule has 228 valence electrons. The molecule has 0 aliphatic carbocycles. The fourth-order valence-electron chi connectivity index (χ4n) is 5.33. The van der Waals surface area contributed by atoms with E-state index in [9.17, 15) is 32.7 Å². The van der Waals surface area contributed by atoms with Crippen LogP contribution in [0.3, 0.4) is 0 Å². The Balaban J connectivity index is 1.81. The van der Waals surface area contributed by atoms with Gasteiger partial charge in [0, 0.05) is 30.8 Å². The average Bonchev–Trinajstić information content (AvgIpc) is 3.02. The molecule has 2 heterocycles. The number of para-hydroxylation sites is 1. The third-order valence-electron chi connectivity index (χ3n) is 7.19. The minimum Gasteiger partial charge on any atom is -0.497 e. The van der Waals surface area contributed by atoms with Gasteiger partial charge in [-0.3, -0.25) is 14.4 Å². The molecule has 1 saturated heterocycles. The van der Waals surface area contributed by atoms with Crippen molar-refractivity contribution < 1.29 is 46.9 Å². The lowest BCUT2D eigenvalue weighted by Gasteiger charge is -2.33. The zero-order valence-electron chi connectivity index (χ0n) is 23.9. The first-order chi connectivity index (χ1) is 19.7. The molecule has 2 amide bonds. The summed E-state index contributed by atoms with van der Waals surface area (Å²) in [5.74, 6) is -2.85. The second kappa shape index (κ2) is 12.2. The van der Waals surface area contributed by atoms with E-state index in [1.807, 2.05) is 20.8 Å². The third-order valence-corrected chi connectivity index (χ3v) is 7.19. The van der Waals surface area contributed by atoms with Crippen LogP contribution in [0.4, 0.5) is 18.9 Å². The number of ether oxygens (including phenoxy) is 3. The van der Waals surface area contributed by atoms with Gasteiger partial charge in [0.05, 0.1) is 25.1 Å². The normalized spacial score (nSPS) is 21.4. The van der Waals surface area contributed by atoms with Crippen LogP contribution in [0.2, 0.25) is 0 Å². The molecule has 1 N–H and O–H groups in total. The summed E-state index contributed by atoms with van der Waals surface area (Å²) in [5, 5.41) is 9.47. The smallest absolute Gasteiger partial charge is 0.497 e. The van der Waals surface area contributed by atoms with Gasteiger partial charge in [0.1, 0.15) is 23.7 Å². The number of likely N-dealkylation sites (tertiary alicyclic amines) is 1. The Bertz CT molecular complexity index is 1320. The molecule has 0 saturated carbocycles. The van der Waals surface area contributed by atoms with Gasteiger partial charge in [-0.1, -0.05) is 39.0 Å². The van der Waals surface area contributed by atoms with E-state index in [0.717, 1.165) is 6.07 Å². The van der Waals surface area contributed by atoms with Crippen LogP contribution in [0.1, 0.15) is 57.3 Å². The van der Waals surface area contributed by atoms with Gasteiger partial charge in [0.25, 0.3) is 5.91 Å². The highest BCUT2D eigenvalue weighted by Crippen LogP contribution is 2.44. The predicted octanol–water partition coefficient (Wildman–Crippen LogP) is 5.17. The van der Waals surface area contributed by atoms with Crippen LogP contribution in [0.25, 0.3) is 0 Å². The van der Waals surface area contributed by atoms with Gasteiger partial charge in [-0.25, -0.2) is 0 Å². The number of alkyl halides is 3. The summed E-state index contributed by atoms with van der Waals surface area (Å²) >= 11 is 0. The average molecular weight is 593 g/mol. The van der Waals surface area contributed by atoms with Gasteiger partial charge in [-0.2, -0.15) is 0 Å². The van der Waals surface area contributed by atoms with E-state index in [1.54, 1.807) is 18.2 Å². The Kier molecular flexibility index (Phi) is 9.05. The Labute approximate surface area is 242 Å². The number of amides is 2. The molecule has 2 aliphatic rings. The molecule has 2 aromatic rings. The number of carbonyl (C=O) groups is 3. The second-order valence-electron chi connectivity index (χ2n) is 11.7. The number of carbonyl (C=O) groups excluding carboxylic acids is 2. The molecule has 1 fully saturated rings. The molecule has 2 aliphatic heterocycles. The van der Waals surface area contributed by atoms with Crippen molar-refractivity contribution in [2.45, 2.75) is 58.6 Å². The molecule has 3 atom stereocenters. The predicted molar refractivity (Wildman–Crippen MR) is 146 cm³/mol. The van der Waals surface area contributed by atoms with Crippen molar-refractivity contribution >= 4 is 23.5 Å². The molecule has 4 rings (SSSR count).